The number of carbonyl (C=O) groups is 1. The number of likely N-dealkylation sites (tertiary alicyclic amines) is 1. The van der Waals surface area contributed by atoms with Crippen LogP contribution in [0.1, 0.15) is 30.1 Å². The van der Waals surface area contributed by atoms with Crippen molar-refractivity contribution in [2.24, 2.45) is 11.0 Å². The fourth-order valence-corrected chi connectivity index (χ4v) is 2.15. The van der Waals surface area contributed by atoms with Crippen molar-refractivity contribution in [1.82, 2.24) is 4.90 Å². The highest BCUT2D eigenvalue weighted by Crippen LogP contribution is 2.20. The summed E-state index contributed by atoms with van der Waals surface area (Å²) in [4.78, 5) is 16.9. The molecular formula is C13H16N4O. The highest BCUT2D eigenvalue weighted by atomic mass is 16.2. The zero-order valence-electron chi connectivity index (χ0n) is 10.4. The van der Waals surface area contributed by atoms with Gasteiger partial charge in [0.05, 0.1) is 0 Å². The fourth-order valence-electron chi connectivity index (χ4n) is 2.15. The Bertz CT molecular complexity index is 486. The van der Waals surface area contributed by atoms with Gasteiger partial charge < -0.3 is 4.90 Å². The number of hydrogen-bond donors (Lipinski definition) is 0. The minimum absolute atomic E-state index is 0.0249. The summed E-state index contributed by atoms with van der Waals surface area (Å²) in [5.74, 6) is 0.723. The van der Waals surface area contributed by atoms with Crippen LogP contribution in [0.15, 0.2) is 29.4 Å². The third-order valence-electron chi connectivity index (χ3n) is 3.32. The lowest BCUT2D eigenvalue weighted by Crippen LogP contribution is -2.37. The molecule has 5 heteroatoms. The van der Waals surface area contributed by atoms with E-state index in [1.807, 2.05) is 4.90 Å². The van der Waals surface area contributed by atoms with Crippen molar-refractivity contribution >= 4 is 11.6 Å². The third kappa shape index (κ3) is 2.81. The summed E-state index contributed by atoms with van der Waals surface area (Å²) < 4.78 is 0. The Morgan fingerprint density at radius 2 is 2.17 bits per heavy atom. The summed E-state index contributed by atoms with van der Waals surface area (Å²) in [5, 5.41) is 3.52. The standard InChI is InChI=1S/C13H16N4O/c1-10-5-7-17(8-6-10)13(18)11-3-2-4-12(9-11)15-16-14/h2-4,9-10H,5-8H2,1H3. The number of rotatable bonds is 2. The summed E-state index contributed by atoms with van der Waals surface area (Å²) in [6.07, 6.45) is 2.11. The third-order valence-corrected chi connectivity index (χ3v) is 3.32. The molecule has 0 spiro atoms. The van der Waals surface area contributed by atoms with Crippen LogP contribution >= 0.6 is 0 Å². The molecule has 0 unspecified atom stereocenters. The molecule has 0 saturated carbocycles. The Morgan fingerprint density at radius 1 is 1.44 bits per heavy atom. The maximum Gasteiger partial charge on any atom is 0.253 e. The molecule has 1 fully saturated rings. The predicted molar refractivity (Wildman–Crippen MR) is 69.5 cm³/mol. The lowest BCUT2D eigenvalue weighted by Gasteiger charge is -2.30. The molecule has 5 nitrogen and oxygen atoms in total. The normalized spacial score (nSPS) is 16.2. The van der Waals surface area contributed by atoms with Crippen molar-refractivity contribution in [3.63, 3.8) is 0 Å². The Kier molecular flexibility index (Phi) is 3.85. The van der Waals surface area contributed by atoms with Gasteiger partial charge in [-0.1, -0.05) is 24.2 Å². The molecule has 2 rings (SSSR count). The van der Waals surface area contributed by atoms with Gasteiger partial charge in [-0.3, -0.25) is 4.79 Å². The van der Waals surface area contributed by atoms with E-state index in [0.717, 1.165) is 25.9 Å². The first-order valence-electron chi connectivity index (χ1n) is 6.15. The highest BCUT2D eigenvalue weighted by Gasteiger charge is 2.21. The Morgan fingerprint density at radius 3 is 2.83 bits per heavy atom. The number of azide groups is 1. The first-order valence-corrected chi connectivity index (χ1v) is 6.15. The van der Waals surface area contributed by atoms with Gasteiger partial charge >= 0.3 is 0 Å². The number of benzene rings is 1. The maximum absolute atomic E-state index is 12.3. The molecule has 0 N–H and O–H groups in total. The Labute approximate surface area is 106 Å². The highest BCUT2D eigenvalue weighted by molar-refractivity contribution is 5.95. The monoisotopic (exact) mass is 244 g/mol. The first kappa shape index (κ1) is 12.5. The average molecular weight is 244 g/mol. The molecule has 94 valence electrons. The number of piperidine rings is 1. The van der Waals surface area contributed by atoms with Gasteiger partial charge in [0, 0.05) is 29.3 Å². The van der Waals surface area contributed by atoms with E-state index in [1.54, 1.807) is 24.3 Å². The summed E-state index contributed by atoms with van der Waals surface area (Å²) >= 11 is 0. The Balaban J connectivity index is 2.13. The minimum atomic E-state index is 0.0249. The van der Waals surface area contributed by atoms with Crippen molar-refractivity contribution < 1.29 is 4.79 Å². The molecule has 1 aliphatic heterocycles. The van der Waals surface area contributed by atoms with E-state index in [1.165, 1.54) is 0 Å². The van der Waals surface area contributed by atoms with Crippen LogP contribution in [0, 0.1) is 5.92 Å². The van der Waals surface area contributed by atoms with Gasteiger partial charge in [-0.05, 0) is 36.4 Å². The summed E-state index contributed by atoms with van der Waals surface area (Å²) in [6, 6.07) is 6.83. The average Bonchev–Trinajstić information content (AvgIpc) is 2.39. The fraction of sp³-hybridized carbons (Fsp3) is 0.462. The second kappa shape index (κ2) is 5.56. The van der Waals surface area contributed by atoms with Crippen molar-refractivity contribution in [2.45, 2.75) is 19.8 Å². The lowest BCUT2D eigenvalue weighted by molar-refractivity contribution is 0.0697. The van der Waals surface area contributed by atoms with Gasteiger partial charge in [-0.25, -0.2) is 0 Å². The van der Waals surface area contributed by atoms with Crippen LogP contribution in [0.4, 0.5) is 5.69 Å². The van der Waals surface area contributed by atoms with E-state index in [2.05, 4.69) is 16.9 Å². The van der Waals surface area contributed by atoms with Crippen LogP contribution in [0.5, 0.6) is 0 Å². The Hall–Kier alpha value is -2.00. The molecule has 1 aromatic carbocycles. The van der Waals surface area contributed by atoms with Gasteiger partial charge in [-0.2, -0.15) is 0 Å². The lowest BCUT2D eigenvalue weighted by atomic mass is 9.98. The molecule has 0 atom stereocenters. The van der Waals surface area contributed by atoms with E-state index in [9.17, 15) is 4.79 Å². The van der Waals surface area contributed by atoms with Gasteiger partial charge in [0.25, 0.3) is 5.91 Å². The van der Waals surface area contributed by atoms with Crippen molar-refractivity contribution in [3.8, 4) is 0 Å². The molecule has 0 aromatic heterocycles. The van der Waals surface area contributed by atoms with Crippen molar-refractivity contribution in [1.29, 1.82) is 0 Å². The molecule has 1 heterocycles. The van der Waals surface area contributed by atoms with Crippen LogP contribution in [-0.4, -0.2) is 23.9 Å². The van der Waals surface area contributed by atoms with Gasteiger partial charge in [0.1, 0.15) is 0 Å². The molecule has 0 bridgehead atoms. The van der Waals surface area contributed by atoms with Crippen LogP contribution in [-0.2, 0) is 0 Å². The second-order valence-corrected chi connectivity index (χ2v) is 4.71. The SMILES string of the molecule is CC1CCN(C(=O)c2cccc(N=[N+]=[N-])c2)CC1. The van der Waals surface area contributed by atoms with E-state index >= 15 is 0 Å². The molecule has 0 aliphatic carbocycles. The predicted octanol–water partition coefficient (Wildman–Crippen LogP) is 3.50. The van der Waals surface area contributed by atoms with E-state index in [4.69, 9.17) is 5.53 Å². The first-order chi connectivity index (χ1) is 8.70. The van der Waals surface area contributed by atoms with Crippen LogP contribution < -0.4 is 0 Å². The number of nitrogens with zero attached hydrogens (tertiary/aromatic N) is 4. The topological polar surface area (TPSA) is 69.1 Å². The van der Waals surface area contributed by atoms with E-state index in [-0.39, 0.29) is 5.91 Å². The van der Waals surface area contributed by atoms with Crippen molar-refractivity contribution in [3.05, 3.63) is 40.3 Å². The van der Waals surface area contributed by atoms with Gasteiger partial charge in [-0.15, -0.1) is 0 Å². The van der Waals surface area contributed by atoms with Crippen LogP contribution in [0.2, 0.25) is 0 Å². The number of hydrogen-bond acceptors (Lipinski definition) is 2. The quantitative estimate of drug-likeness (QED) is 0.446. The minimum Gasteiger partial charge on any atom is -0.339 e. The molecule has 1 aromatic rings. The van der Waals surface area contributed by atoms with Crippen molar-refractivity contribution in [2.75, 3.05) is 13.1 Å². The second-order valence-electron chi connectivity index (χ2n) is 4.71. The zero-order valence-corrected chi connectivity index (χ0v) is 10.4. The van der Waals surface area contributed by atoms with Crippen LogP contribution in [0.3, 0.4) is 0 Å². The van der Waals surface area contributed by atoms with E-state index in [0.29, 0.717) is 17.2 Å². The molecule has 1 aliphatic rings. The van der Waals surface area contributed by atoms with E-state index < -0.39 is 0 Å². The summed E-state index contributed by atoms with van der Waals surface area (Å²) in [5.41, 5.74) is 9.46. The molecule has 18 heavy (non-hydrogen) atoms. The maximum atomic E-state index is 12.3. The molecule has 1 saturated heterocycles. The molecule has 0 radical (unpaired) electrons. The molecule has 1 amide bonds. The van der Waals surface area contributed by atoms with Gasteiger partial charge in [0.2, 0.25) is 0 Å². The largest absolute Gasteiger partial charge is 0.339 e. The number of carbonyl (C=O) groups excluding carboxylic acids is 1. The van der Waals surface area contributed by atoms with Gasteiger partial charge in [0.15, 0.2) is 0 Å². The summed E-state index contributed by atoms with van der Waals surface area (Å²) in [6.45, 7) is 3.83. The zero-order chi connectivity index (χ0) is 13.0. The number of amides is 1. The van der Waals surface area contributed by atoms with Crippen LogP contribution in [0.25, 0.3) is 10.4 Å². The smallest absolute Gasteiger partial charge is 0.253 e. The summed E-state index contributed by atoms with van der Waals surface area (Å²) in [7, 11) is 0. The molecular weight excluding hydrogens is 228 g/mol.